The highest BCUT2D eigenvalue weighted by Gasteiger charge is 2.10. The second kappa shape index (κ2) is 5.65. The minimum atomic E-state index is -0.402. The molecule has 0 spiro atoms. The van der Waals surface area contributed by atoms with Gasteiger partial charge >= 0.3 is 0 Å². The summed E-state index contributed by atoms with van der Waals surface area (Å²) in [5, 5.41) is 0. The van der Waals surface area contributed by atoms with Gasteiger partial charge in [-0.1, -0.05) is 13.8 Å². The van der Waals surface area contributed by atoms with E-state index in [0.717, 1.165) is 5.82 Å². The van der Waals surface area contributed by atoms with Crippen LogP contribution in [-0.2, 0) is 0 Å². The van der Waals surface area contributed by atoms with Crippen LogP contribution in [0.4, 0.5) is 4.39 Å². The molecule has 1 aromatic heterocycles. The molecule has 1 heterocycles. The first-order valence-electron chi connectivity index (χ1n) is 5.89. The third-order valence-corrected chi connectivity index (χ3v) is 3.08. The van der Waals surface area contributed by atoms with Crippen LogP contribution in [0.2, 0.25) is 0 Å². The summed E-state index contributed by atoms with van der Waals surface area (Å²) in [5.41, 5.74) is 1.38. The van der Waals surface area contributed by atoms with Crippen molar-refractivity contribution in [2.24, 2.45) is 0 Å². The lowest BCUT2D eigenvalue weighted by Crippen LogP contribution is -2.00. The maximum absolute atomic E-state index is 13.7. The molecule has 0 amide bonds. The second-order valence-corrected chi connectivity index (χ2v) is 5.25. The van der Waals surface area contributed by atoms with E-state index >= 15 is 0 Å². The van der Waals surface area contributed by atoms with Crippen molar-refractivity contribution in [2.45, 2.75) is 19.8 Å². The van der Waals surface area contributed by atoms with Gasteiger partial charge in [-0.25, -0.2) is 14.4 Å². The summed E-state index contributed by atoms with van der Waals surface area (Å²) >= 11 is 3.36. The molecule has 100 valence electrons. The Balaban J connectivity index is 2.49. The van der Waals surface area contributed by atoms with Crippen molar-refractivity contribution >= 4 is 15.9 Å². The van der Waals surface area contributed by atoms with Crippen LogP contribution in [0.15, 0.2) is 28.9 Å². The van der Waals surface area contributed by atoms with Crippen LogP contribution in [0, 0.1) is 5.82 Å². The predicted molar refractivity (Wildman–Crippen MR) is 75.8 cm³/mol. The number of benzene rings is 1. The molecule has 0 aliphatic rings. The van der Waals surface area contributed by atoms with Crippen LogP contribution in [0.3, 0.4) is 0 Å². The van der Waals surface area contributed by atoms with Crippen molar-refractivity contribution in [1.82, 2.24) is 9.97 Å². The smallest absolute Gasteiger partial charge is 0.165 e. The molecule has 0 radical (unpaired) electrons. The molecule has 0 aliphatic carbocycles. The molecule has 0 saturated heterocycles. The fourth-order valence-corrected chi connectivity index (χ4v) is 2.07. The van der Waals surface area contributed by atoms with Crippen molar-refractivity contribution in [3.63, 3.8) is 0 Å². The van der Waals surface area contributed by atoms with Gasteiger partial charge in [0.15, 0.2) is 11.6 Å². The van der Waals surface area contributed by atoms with Crippen molar-refractivity contribution in [1.29, 1.82) is 0 Å². The lowest BCUT2D eigenvalue weighted by molar-refractivity contribution is 0.386. The molecule has 0 saturated carbocycles. The normalized spacial score (nSPS) is 10.8. The molecule has 2 aromatic rings. The number of nitrogens with zero attached hydrogens (tertiary/aromatic N) is 2. The van der Waals surface area contributed by atoms with E-state index in [-0.39, 0.29) is 11.7 Å². The summed E-state index contributed by atoms with van der Waals surface area (Å²) in [6.07, 6.45) is 0. The molecular formula is C14H14BrFN2O. The summed E-state index contributed by atoms with van der Waals surface area (Å²) in [7, 11) is 1.44. The first-order chi connectivity index (χ1) is 9.01. The van der Waals surface area contributed by atoms with E-state index in [2.05, 4.69) is 25.9 Å². The molecular weight excluding hydrogens is 311 g/mol. The van der Waals surface area contributed by atoms with Crippen LogP contribution in [0.5, 0.6) is 5.75 Å². The molecule has 5 heteroatoms. The fourth-order valence-electron chi connectivity index (χ4n) is 1.67. The maximum Gasteiger partial charge on any atom is 0.165 e. The minimum Gasteiger partial charge on any atom is -0.494 e. The third-order valence-electron chi connectivity index (χ3n) is 2.68. The molecule has 19 heavy (non-hydrogen) atoms. The van der Waals surface area contributed by atoms with Gasteiger partial charge in [0.25, 0.3) is 0 Å². The molecule has 2 rings (SSSR count). The van der Waals surface area contributed by atoms with Gasteiger partial charge in [-0.15, -0.1) is 0 Å². The highest BCUT2D eigenvalue weighted by atomic mass is 79.9. The van der Waals surface area contributed by atoms with E-state index < -0.39 is 5.82 Å². The first-order valence-corrected chi connectivity index (χ1v) is 6.69. The first kappa shape index (κ1) is 13.9. The van der Waals surface area contributed by atoms with Gasteiger partial charge in [0.2, 0.25) is 0 Å². The van der Waals surface area contributed by atoms with Crippen LogP contribution in [0.1, 0.15) is 25.6 Å². The Kier molecular flexibility index (Phi) is 4.14. The van der Waals surface area contributed by atoms with Crippen molar-refractivity contribution in [2.75, 3.05) is 7.11 Å². The zero-order chi connectivity index (χ0) is 14.0. The maximum atomic E-state index is 13.7. The zero-order valence-electron chi connectivity index (χ0n) is 10.9. The number of ether oxygens (including phenoxy) is 1. The number of hydrogen-bond donors (Lipinski definition) is 0. The summed E-state index contributed by atoms with van der Waals surface area (Å²) < 4.78 is 19.3. The minimum absolute atomic E-state index is 0.208. The number of aromatic nitrogens is 2. The largest absolute Gasteiger partial charge is 0.494 e. The summed E-state index contributed by atoms with van der Waals surface area (Å²) in [4.78, 5) is 8.75. The Morgan fingerprint density at radius 1 is 1.21 bits per heavy atom. The Labute approximate surface area is 120 Å². The van der Waals surface area contributed by atoms with Crippen LogP contribution in [0.25, 0.3) is 11.3 Å². The summed E-state index contributed by atoms with van der Waals surface area (Å²) in [6, 6.07) is 6.56. The molecule has 0 unspecified atom stereocenters. The SMILES string of the molecule is COc1ccc(-c2cc(Br)nc(C(C)C)n2)cc1F. The lowest BCUT2D eigenvalue weighted by atomic mass is 10.1. The average Bonchev–Trinajstić information content (AvgIpc) is 2.37. The Morgan fingerprint density at radius 2 is 1.95 bits per heavy atom. The summed E-state index contributed by atoms with van der Waals surface area (Å²) in [5.74, 6) is 0.752. The molecule has 0 fully saturated rings. The van der Waals surface area contributed by atoms with E-state index in [4.69, 9.17) is 4.74 Å². The molecule has 3 nitrogen and oxygen atoms in total. The quantitative estimate of drug-likeness (QED) is 0.794. The van der Waals surface area contributed by atoms with Gasteiger partial charge in [0.05, 0.1) is 12.8 Å². The van der Waals surface area contributed by atoms with Crippen molar-refractivity contribution < 1.29 is 9.13 Å². The monoisotopic (exact) mass is 324 g/mol. The van der Waals surface area contributed by atoms with Gasteiger partial charge in [0, 0.05) is 11.5 Å². The molecule has 0 atom stereocenters. The van der Waals surface area contributed by atoms with Crippen LogP contribution < -0.4 is 4.74 Å². The highest BCUT2D eigenvalue weighted by Crippen LogP contribution is 2.26. The van der Waals surface area contributed by atoms with E-state index in [0.29, 0.717) is 15.9 Å². The fraction of sp³-hybridized carbons (Fsp3) is 0.286. The van der Waals surface area contributed by atoms with Crippen LogP contribution in [-0.4, -0.2) is 17.1 Å². The third kappa shape index (κ3) is 3.10. The lowest BCUT2D eigenvalue weighted by Gasteiger charge is -2.09. The van der Waals surface area contributed by atoms with E-state index in [1.165, 1.54) is 13.2 Å². The Bertz CT molecular complexity index is 602. The van der Waals surface area contributed by atoms with Gasteiger partial charge in [-0.05, 0) is 40.2 Å². The van der Waals surface area contributed by atoms with Gasteiger partial charge < -0.3 is 4.74 Å². The van der Waals surface area contributed by atoms with E-state index in [1.807, 2.05) is 13.8 Å². The predicted octanol–water partition coefficient (Wildman–Crippen LogP) is 4.18. The second-order valence-electron chi connectivity index (χ2n) is 4.44. The number of hydrogen-bond acceptors (Lipinski definition) is 3. The molecule has 1 aromatic carbocycles. The Morgan fingerprint density at radius 3 is 2.53 bits per heavy atom. The van der Waals surface area contributed by atoms with Gasteiger partial charge in [-0.3, -0.25) is 0 Å². The number of halogens is 2. The highest BCUT2D eigenvalue weighted by molar-refractivity contribution is 9.10. The standard InChI is InChI=1S/C14H14BrFN2O/c1-8(2)14-17-11(7-13(15)18-14)9-4-5-12(19-3)10(16)6-9/h4-8H,1-3H3. The molecule has 0 bridgehead atoms. The van der Waals surface area contributed by atoms with Crippen molar-refractivity contribution in [3.05, 3.63) is 40.5 Å². The average molecular weight is 325 g/mol. The van der Waals surface area contributed by atoms with Gasteiger partial charge in [-0.2, -0.15) is 0 Å². The van der Waals surface area contributed by atoms with E-state index in [9.17, 15) is 4.39 Å². The molecule has 0 aliphatic heterocycles. The topological polar surface area (TPSA) is 35.0 Å². The molecule has 0 N–H and O–H groups in total. The van der Waals surface area contributed by atoms with Gasteiger partial charge in [0.1, 0.15) is 10.4 Å². The number of methoxy groups -OCH3 is 1. The van der Waals surface area contributed by atoms with Crippen LogP contribution >= 0.6 is 15.9 Å². The Hall–Kier alpha value is -1.49. The number of rotatable bonds is 3. The van der Waals surface area contributed by atoms with Crippen molar-refractivity contribution in [3.8, 4) is 17.0 Å². The summed E-state index contributed by atoms with van der Waals surface area (Å²) in [6.45, 7) is 4.03. The van der Waals surface area contributed by atoms with E-state index in [1.54, 1.807) is 18.2 Å². The zero-order valence-corrected chi connectivity index (χ0v) is 12.5.